The first-order valence-electron chi connectivity index (χ1n) is 9.65. The Hall–Kier alpha value is -2.35. The Kier molecular flexibility index (Phi) is 6.07. The Bertz CT molecular complexity index is 837. The molecular formula is C20H28N4O3S. The van der Waals surface area contributed by atoms with Crippen LogP contribution in [-0.4, -0.2) is 30.0 Å². The highest BCUT2D eigenvalue weighted by Gasteiger charge is 2.31. The third kappa shape index (κ3) is 4.73. The molecular weight excluding hydrogens is 376 g/mol. The number of carbonyl (C=O) groups is 2. The van der Waals surface area contributed by atoms with E-state index in [0.29, 0.717) is 23.9 Å². The molecule has 0 aliphatic carbocycles. The van der Waals surface area contributed by atoms with E-state index < -0.39 is 0 Å². The number of urea groups is 1. The van der Waals surface area contributed by atoms with Crippen molar-refractivity contribution in [2.75, 3.05) is 18.0 Å². The van der Waals surface area contributed by atoms with Gasteiger partial charge in [0, 0.05) is 24.9 Å². The third-order valence-electron chi connectivity index (χ3n) is 4.68. The number of nitrogens with zero attached hydrogens (tertiary/aromatic N) is 2. The molecule has 0 saturated carbocycles. The molecule has 0 radical (unpaired) electrons. The Morgan fingerprint density at radius 3 is 2.86 bits per heavy atom. The number of aromatic nitrogens is 1. The molecule has 2 aromatic rings. The summed E-state index contributed by atoms with van der Waals surface area (Å²) in [6, 6.07) is 3.53. The van der Waals surface area contributed by atoms with Crippen molar-refractivity contribution in [3.8, 4) is 0 Å². The van der Waals surface area contributed by atoms with Gasteiger partial charge >= 0.3 is 6.03 Å². The van der Waals surface area contributed by atoms with Gasteiger partial charge in [-0.1, -0.05) is 27.7 Å². The lowest BCUT2D eigenvalue weighted by molar-refractivity contribution is -0.122. The van der Waals surface area contributed by atoms with E-state index in [2.05, 4.69) is 36.4 Å². The molecule has 2 N–H and O–H groups in total. The topological polar surface area (TPSA) is 87.5 Å². The SMILES string of the molecule is CCc1ccc(C(NC(=O)Cc2csc(N3CCCNC3=O)n2)C(C)(C)C)o1. The second kappa shape index (κ2) is 8.34. The van der Waals surface area contributed by atoms with Crippen LogP contribution in [0.1, 0.15) is 57.4 Å². The highest BCUT2D eigenvalue weighted by atomic mass is 32.1. The summed E-state index contributed by atoms with van der Waals surface area (Å²) in [7, 11) is 0. The van der Waals surface area contributed by atoms with Crippen LogP contribution in [0, 0.1) is 5.41 Å². The van der Waals surface area contributed by atoms with E-state index in [1.165, 1.54) is 11.3 Å². The van der Waals surface area contributed by atoms with Crippen molar-refractivity contribution >= 4 is 28.4 Å². The summed E-state index contributed by atoms with van der Waals surface area (Å²) in [5.74, 6) is 1.55. The van der Waals surface area contributed by atoms with E-state index in [1.807, 2.05) is 24.4 Å². The molecule has 1 saturated heterocycles. The van der Waals surface area contributed by atoms with E-state index in [-0.39, 0.29) is 29.8 Å². The number of amides is 3. The molecule has 0 bridgehead atoms. The molecule has 2 aromatic heterocycles. The summed E-state index contributed by atoms with van der Waals surface area (Å²) in [4.78, 5) is 30.8. The van der Waals surface area contributed by atoms with Crippen molar-refractivity contribution in [1.29, 1.82) is 0 Å². The van der Waals surface area contributed by atoms with Gasteiger partial charge in [0.15, 0.2) is 5.13 Å². The molecule has 1 aliphatic heterocycles. The normalized spacial score (nSPS) is 16.0. The van der Waals surface area contributed by atoms with Crippen molar-refractivity contribution in [2.24, 2.45) is 5.41 Å². The first kappa shape index (κ1) is 20.4. The van der Waals surface area contributed by atoms with Gasteiger partial charge in [-0.05, 0) is 24.0 Å². The standard InChI is InChI=1S/C20H28N4O3S/c1-5-14-7-8-15(27-14)17(20(2,3)4)23-16(25)11-13-12-28-19(22-13)24-10-6-9-21-18(24)26/h7-8,12,17H,5-6,9-11H2,1-4H3,(H,21,26)(H,23,25). The first-order chi connectivity index (χ1) is 13.3. The van der Waals surface area contributed by atoms with Crippen LogP contribution in [0.4, 0.5) is 9.93 Å². The van der Waals surface area contributed by atoms with Crippen molar-refractivity contribution in [1.82, 2.24) is 15.6 Å². The fourth-order valence-corrected chi connectivity index (χ4v) is 3.99. The van der Waals surface area contributed by atoms with E-state index in [1.54, 1.807) is 4.90 Å². The molecule has 1 atom stereocenters. The summed E-state index contributed by atoms with van der Waals surface area (Å²) in [6.45, 7) is 9.59. The van der Waals surface area contributed by atoms with Crippen LogP contribution in [0.2, 0.25) is 0 Å². The van der Waals surface area contributed by atoms with Crippen molar-refractivity contribution < 1.29 is 14.0 Å². The van der Waals surface area contributed by atoms with E-state index >= 15 is 0 Å². The fourth-order valence-electron chi connectivity index (χ4n) is 3.14. The van der Waals surface area contributed by atoms with Gasteiger partial charge in [-0.15, -0.1) is 11.3 Å². The minimum absolute atomic E-state index is 0.116. The first-order valence-corrected chi connectivity index (χ1v) is 10.5. The average Bonchev–Trinajstić information content (AvgIpc) is 3.28. The fraction of sp³-hybridized carbons (Fsp3) is 0.550. The molecule has 1 unspecified atom stereocenters. The van der Waals surface area contributed by atoms with Gasteiger partial charge in [-0.25, -0.2) is 9.78 Å². The van der Waals surface area contributed by atoms with Crippen molar-refractivity contribution in [2.45, 2.75) is 53.0 Å². The highest BCUT2D eigenvalue weighted by Crippen LogP contribution is 2.34. The van der Waals surface area contributed by atoms with Gasteiger partial charge in [0.05, 0.1) is 18.2 Å². The number of anilines is 1. The van der Waals surface area contributed by atoms with Gasteiger partial charge < -0.3 is 15.1 Å². The van der Waals surface area contributed by atoms with Crippen LogP contribution < -0.4 is 15.5 Å². The Labute approximate surface area is 169 Å². The number of furan rings is 1. The molecule has 0 spiro atoms. The van der Waals surface area contributed by atoms with E-state index in [4.69, 9.17) is 4.42 Å². The van der Waals surface area contributed by atoms with Crippen LogP contribution in [0.5, 0.6) is 0 Å². The van der Waals surface area contributed by atoms with Gasteiger partial charge in [-0.2, -0.15) is 0 Å². The molecule has 1 fully saturated rings. The maximum Gasteiger partial charge on any atom is 0.323 e. The predicted octanol–water partition coefficient (Wildman–Crippen LogP) is 3.66. The number of rotatable bonds is 6. The van der Waals surface area contributed by atoms with Crippen molar-refractivity contribution in [3.63, 3.8) is 0 Å². The Balaban J connectivity index is 1.67. The maximum atomic E-state index is 12.7. The predicted molar refractivity (Wildman–Crippen MR) is 110 cm³/mol. The smallest absolute Gasteiger partial charge is 0.323 e. The molecule has 28 heavy (non-hydrogen) atoms. The van der Waals surface area contributed by atoms with Crippen LogP contribution in [0.3, 0.4) is 0 Å². The zero-order valence-corrected chi connectivity index (χ0v) is 17.7. The summed E-state index contributed by atoms with van der Waals surface area (Å²) >= 11 is 1.38. The number of aryl methyl sites for hydroxylation is 1. The number of carbonyl (C=O) groups excluding carboxylic acids is 2. The number of hydrogen-bond acceptors (Lipinski definition) is 5. The van der Waals surface area contributed by atoms with Gasteiger partial charge in [0.25, 0.3) is 0 Å². The maximum absolute atomic E-state index is 12.7. The van der Waals surface area contributed by atoms with Crippen LogP contribution in [0.15, 0.2) is 21.9 Å². The monoisotopic (exact) mass is 404 g/mol. The molecule has 3 heterocycles. The van der Waals surface area contributed by atoms with Gasteiger partial charge in [0.2, 0.25) is 5.91 Å². The van der Waals surface area contributed by atoms with Crippen LogP contribution >= 0.6 is 11.3 Å². The molecule has 0 aromatic carbocycles. The largest absolute Gasteiger partial charge is 0.464 e. The lowest BCUT2D eigenvalue weighted by atomic mass is 9.85. The summed E-state index contributed by atoms with van der Waals surface area (Å²) in [5.41, 5.74) is 0.467. The number of nitrogens with one attached hydrogen (secondary N) is 2. The van der Waals surface area contributed by atoms with E-state index in [0.717, 1.165) is 24.4 Å². The molecule has 8 heteroatoms. The number of thiazole rings is 1. The second-order valence-electron chi connectivity index (χ2n) is 8.06. The van der Waals surface area contributed by atoms with Gasteiger partial charge in [-0.3, -0.25) is 9.69 Å². The number of hydrogen-bond donors (Lipinski definition) is 2. The minimum atomic E-state index is -0.230. The third-order valence-corrected chi connectivity index (χ3v) is 5.59. The quantitative estimate of drug-likeness (QED) is 0.769. The summed E-state index contributed by atoms with van der Waals surface area (Å²) in [6.07, 6.45) is 1.87. The zero-order valence-electron chi connectivity index (χ0n) is 16.9. The molecule has 1 aliphatic rings. The Morgan fingerprint density at radius 2 is 2.21 bits per heavy atom. The molecule has 7 nitrogen and oxygen atoms in total. The van der Waals surface area contributed by atoms with Crippen LogP contribution in [0.25, 0.3) is 0 Å². The molecule has 3 rings (SSSR count). The second-order valence-corrected chi connectivity index (χ2v) is 8.90. The lowest BCUT2D eigenvalue weighted by Crippen LogP contribution is -2.46. The van der Waals surface area contributed by atoms with Gasteiger partial charge in [0.1, 0.15) is 11.5 Å². The minimum Gasteiger partial charge on any atom is -0.464 e. The van der Waals surface area contributed by atoms with E-state index in [9.17, 15) is 9.59 Å². The Morgan fingerprint density at radius 1 is 1.43 bits per heavy atom. The average molecular weight is 405 g/mol. The summed E-state index contributed by atoms with van der Waals surface area (Å²) in [5, 5.41) is 8.38. The lowest BCUT2D eigenvalue weighted by Gasteiger charge is -2.30. The molecule has 152 valence electrons. The summed E-state index contributed by atoms with van der Waals surface area (Å²) < 4.78 is 5.89. The van der Waals surface area contributed by atoms with Crippen molar-refractivity contribution in [3.05, 3.63) is 34.7 Å². The van der Waals surface area contributed by atoms with Crippen LogP contribution in [-0.2, 0) is 17.6 Å². The zero-order chi connectivity index (χ0) is 20.3. The highest BCUT2D eigenvalue weighted by molar-refractivity contribution is 7.14. The molecule has 3 amide bonds.